The molecule has 1 N–H and O–H groups in total. The Bertz CT molecular complexity index is 746. The van der Waals surface area contributed by atoms with Crippen LogP contribution in [0.25, 0.3) is 0 Å². The van der Waals surface area contributed by atoms with E-state index in [9.17, 15) is 14.0 Å². The lowest BCUT2D eigenvalue weighted by Crippen LogP contribution is -2.41. The summed E-state index contributed by atoms with van der Waals surface area (Å²) >= 11 is 0. The summed E-state index contributed by atoms with van der Waals surface area (Å²) in [6.45, 7) is 3.86. The number of fused-ring (bicyclic) bond motifs is 2. The number of hydrogen-bond donors (Lipinski definition) is 1. The third-order valence-electron chi connectivity index (χ3n) is 5.83. The first-order valence-electron chi connectivity index (χ1n) is 9.27. The molecule has 0 radical (unpaired) electrons. The standard InChI is InChI=1S/C18H27FN2O5/c1-13-10-21-16(23)15(19)11-20(17(21)24)12-18(13)4-2-3-14(9-18)26-8-7-25-6-5-22/h11,13-14,22H,2-10,12H2,1H3. The van der Waals surface area contributed by atoms with Crippen LogP contribution in [0.5, 0.6) is 0 Å². The maximum atomic E-state index is 13.9. The van der Waals surface area contributed by atoms with Crippen molar-refractivity contribution in [3.8, 4) is 0 Å². The first-order chi connectivity index (χ1) is 12.5. The number of aliphatic hydroxyl groups is 1. The van der Waals surface area contributed by atoms with E-state index in [4.69, 9.17) is 14.6 Å². The molecule has 2 aliphatic rings. The lowest BCUT2D eigenvalue weighted by molar-refractivity contribution is -0.0603. The van der Waals surface area contributed by atoms with Crippen LogP contribution < -0.4 is 11.2 Å². The van der Waals surface area contributed by atoms with Crippen molar-refractivity contribution in [1.29, 1.82) is 0 Å². The fraction of sp³-hybridized carbons (Fsp3) is 0.778. The van der Waals surface area contributed by atoms with Gasteiger partial charge in [0.25, 0.3) is 5.56 Å². The first-order valence-corrected chi connectivity index (χ1v) is 9.27. The maximum absolute atomic E-state index is 13.9. The van der Waals surface area contributed by atoms with Crippen LogP contribution in [0.3, 0.4) is 0 Å². The van der Waals surface area contributed by atoms with Gasteiger partial charge in [0.1, 0.15) is 0 Å². The van der Waals surface area contributed by atoms with Crippen molar-refractivity contribution >= 4 is 0 Å². The molecule has 3 unspecified atom stereocenters. The topological polar surface area (TPSA) is 82.7 Å². The second kappa shape index (κ2) is 8.02. The van der Waals surface area contributed by atoms with Crippen molar-refractivity contribution in [2.75, 3.05) is 26.4 Å². The minimum atomic E-state index is -0.876. The summed E-state index contributed by atoms with van der Waals surface area (Å²) in [7, 11) is 0. The molecule has 3 atom stereocenters. The highest BCUT2D eigenvalue weighted by Gasteiger charge is 2.43. The largest absolute Gasteiger partial charge is 0.394 e. The molecule has 1 spiro atoms. The van der Waals surface area contributed by atoms with E-state index >= 15 is 0 Å². The zero-order valence-corrected chi connectivity index (χ0v) is 15.2. The Kier molecular flexibility index (Phi) is 5.94. The van der Waals surface area contributed by atoms with E-state index in [2.05, 4.69) is 0 Å². The van der Waals surface area contributed by atoms with Gasteiger partial charge in [0, 0.05) is 13.1 Å². The van der Waals surface area contributed by atoms with Gasteiger partial charge in [-0.3, -0.25) is 13.9 Å². The number of rotatable bonds is 6. The number of aliphatic hydroxyl groups excluding tert-OH is 1. The lowest BCUT2D eigenvalue weighted by atomic mass is 9.65. The SMILES string of the molecule is CC1Cn2c(=O)c(F)cn(c2=O)CC12CCCC(OCCOCCO)C2. The molecule has 0 saturated heterocycles. The molecule has 3 rings (SSSR count). The average molecular weight is 370 g/mol. The van der Waals surface area contributed by atoms with E-state index in [1.807, 2.05) is 6.92 Å². The van der Waals surface area contributed by atoms with Crippen LogP contribution in [0.2, 0.25) is 0 Å². The number of nitrogens with zero attached hydrogens (tertiary/aromatic N) is 2. The Morgan fingerprint density at radius 3 is 2.92 bits per heavy atom. The van der Waals surface area contributed by atoms with E-state index < -0.39 is 17.1 Å². The highest BCUT2D eigenvalue weighted by molar-refractivity contribution is 4.99. The molecule has 1 aliphatic heterocycles. The van der Waals surface area contributed by atoms with Gasteiger partial charge in [-0.05, 0) is 30.6 Å². The Labute approximate surface area is 151 Å². The summed E-state index contributed by atoms with van der Waals surface area (Å²) < 4.78 is 27.5. The summed E-state index contributed by atoms with van der Waals surface area (Å²) in [5, 5.41) is 8.71. The monoisotopic (exact) mass is 370 g/mol. The first kappa shape index (κ1) is 19.3. The predicted octanol–water partition coefficient (Wildman–Crippen LogP) is 0.753. The van der Waals surface area contributed by atoms with Crippen molar-refractivity contribution < 1.29 is 19.0 Å². The summed E-state index contributed by atoms with van der Waals surface area (Å²) in [6.07, 6.45) is 4.71. The number of hydrogen-bond acceptors (Lipinski definition) is 5. The fourth-order valence-electron chi connectivity index (χ4n) is 4.37. The minimum Gasteiger partial charge on any atom is -0.394 e. The molecule has 1 fully saturated rings. The van der Waals surface area contributed by atoms with Gasteiger partial charge in [0.05, 0.1) is 38.7 Å². The van der Waals surface area contributed by atoms with Crippen molar-refractivity contribution in [3.05, 3.63) is 32.9 Å². The van der Waals surface area contributed by atoms with Gasteiger partial charge in [-0.2, -0.15) is 4.39 Å². The van der Waals surface area contributed by atoms with Crippen LogP contribution in [0.1, 0.15) is 32.6 Å². The molecular weight excluding hydrogens is 343 g/mol. The molecular formula is C18H27FN2O5. The second-order valence-electron chi connectivity index (χ2n) is 7.49. The molecule has 0 amide bonds. The summed E-state index contributed by atoms with van der Waals surface area (Å²) in [5.41, 5.74) is -1.46. The van der Waals surface area contributed by atoms with Crippen LogP contribution in [-0.4, -0.2) is 46.8 Å². The van der Waals surface area contributed by atoms with E-state index in [0.717, 1.165) is 36.4 Å². The summed E-state index contributed by atoms with van der Waals surface area (Å²) in [6, 6.07) is 0. The minimum absolute atomic E-state index is 0.00673. The predicted molar refractivity (Wildman–Crippen MR) is 92.6 cm³/mol. The van der Waals surface area contributed by atoms with Crippen LogP contribution in [0.4, 0.5) is 4.39 Å². The maximum Gasteiger partial charge on any atom is 0.331 e. The zero-order valence-electron chi connectivity index (χ0n) is 15.2. The van der Waals surface area contributed by atoms with E-state index in [1.54, 1.807) is 0 Å². The van der Waals surface area contributed by atoms with Crippen LogP contribution in [0, 0.1) is 17.2 Å². The van der Waals surface area contributed by atoms with Crippen molar-refractivity contribution in [2.24, 2.45) is 11.3 Å². The molecule has 2 bridgehead atoms. The quantitative estimate of drug-likeness (QED) is 0.748. The van der Waals surface area contributed by atoms with Crippen molar-refractivity contribution in [2.45, 2.75) is 51.8 Å². The second-order valence-corrected chi connectivity index (χ2v) is 7.49. The normalized spacial score (nSPS) is 28.3. The average Bonchev–Trinajstić information content (AvgIpc) is 2.69. The Balaban J connectivity index is 1.74. The van der Waals surface area contributed by atoms with Gasteiger partial charge < -0.3 is 14.6 Å². The van der Waals surface area contributed by atoms with Gasteiger partial charge in [-0.1, -0.05) is 13.3 Å². The molecule has 1 aromatic rings. The van der Waals surface area contributed by atoms with Gasteiger partial charge in [-0.15, -0.1) is 0 Å². The fourth-order valence-corrected chi connectivity index (χ4v) is 4.37. The van der Waals surface area contributed by atoms with E-state index in [0.29, 0.717) is 26.4 Å². The molecule has 7 nitrogen and oxygen atoms in total. The Hall–Kier alpha value is -1.51. The van der Waals surface area contributed by atoms with Crippen LogP contribution >= 0.6 is 0 Å². The Morgan fingerprint density at radius 1 is 1.35 bits per heavy atom. The molecule has 0 aromatic carbocycles. The highest BCUT2D eigenvalue weighted by Crippen LogP contribution is 2.45. The number of halogens is 1. The zero-order chi connectivity index (χ0) is 18.7. The van der Waals surface area contributed by atoms with E-state index in [1.165, 1.54) is 4.57 Å². The smallest absolute Gasteiger partial charge is 0.331 e. The van der Waals surface area contributed by atoms with Crippen LogP contribution in [-0.2, 0) is 22.6 Å². The van der Waals surface area contributed by atoms with Crippen molar-refractivity contribution in [3.63, 3.8) is 0 Å². The molecule has 1 aliphatic carbocycles. The molecule has 146 valence electrons. The molecule has 1 saturated carbocycles. The van der Waals surface area contributed by atoms with Gasteiger partial charge in [-0.25, -0.2) is 4.79 Å². The molecule has 8 heteroatoms. The Morgan fingerprint density at radius 2 is 2.15 bits per heavy atom. The molecule has 26 heavy (non-hydrogen) atoms. The lowest BCUT2D eigenvalue weighted by Gasteiger charge is -2.44. The number of aromatic nitrogens is 2. The third kappa shape index (κ3) is 3.77. The molecule has 2 heterocycles. The summed E-state index contributed by atoms with van der Waals surface area (Å²) in [5.74, 6) is -0.810. The van der Waals surface area contributed by atoms with Crippen molar-refractivity contribution in [1.82, 2.24) is 9.13 Å². The highest BCUT2D eigenvalue weighted by atomic mass is 19.1. The van der Waals surface area contributed by atoms with Gasteiger partial charge >= 0.3 is 5.69 Å². The molecule has 1 aromatic heterocycles. The number of ether oxygens (including phenoxy) is 2. The third-order valence-corrected chi connectivity index (χ3v) is 5.83. The van der Waals surface area contributed by atoms with E-state index in [-0.39, 0.29) is 30.6 Å². The van der Waals surface area contributed by atoms with Gasteiger partial charge in [0.15, 0.2) is 0 Å². The summed E-state index contributed by atoms with van der Waals surface area (Å²) in [4.78, 5) is 24.4. The van der Waals surface area contributed by atoms with Crippen LogP contribution in [0.15, 0.2) is 15.8 Å². The van der Waals surface area contributed by atoms with Gasteiger partial charge in [0.2, 0.25) is 5.82 Å².